The van der Waals surface area contributed by atoms with Gasteiger partial charge in [-0.25, -0.2) is 0 Å². The lowest BCUT2D eigenvalue weighted by molar-refractivity contribution is 0.528. The summed E-state index contributed by atoms with van der Waals surface area (Å²) >= 11 is 0. The van der Waals surface area contributed by atoms with Crippen LogP contribution in [0.2, 0.25) is 0 Å². The van der Waals surface area contributed by atoms with Crippen LogP contribution in [-0.2, 0) is 13.6 Å². The summed E-state index contributed by atoms with van der Waals surface area (Å²) in [4.78, 5) is 12.5. The Morgan fingerprint density at radius 3 is 2.67 bits per heavy atom. The van der Waals surface area contributed by atoms with Crippen LogP contribution in [0.5, 0.6) is 0 Å². The highest BCUT2D eigenvalue weighted by molar-refractivity contribution is 5.79. The molecule has 0 amide bonds. The number of hydrogen-bond donors (Lipinski definition) is 1. The Morgan fingerprint density at radius 1 is 1.21 bits per heavy atom. The van der Waals surface area contributed by atoms with Crippen molar-refractivity contribution in [2.75, 3.05) is 0 Å². The van der Waals surface area contributed by atoms with Crippen molar-refractivity contribution in [2.24, 2.45) is 7.05 Å². The van der Waals surface area contributed by atoms with E-state index in [4.69, 9.17) is 0 Å². The largest absolute Gasteiger partial charge is 0.311 e. The molecule has 1 N–H and O–H groups in total. The van der Waals surface area contributed by atoms with E-state index in [1.54, 1.807) is 4.57 Å². The number of para-hydroxylation sites is 1. The molecular weight excluding hydrogens is 300 g/mol. The molecule has 0 saturated heterocycles. The van der Waals surface area contributed by atoms with Crippen molar-refractivity contribution < 1.29 is 0 Å². The Labute approximate surface area is 141 Å². The van der Waals surface area contributed by atoms with Crippen molar-refractivity contribution in [3.63, 3.8) is 0 Å². The molecule has 1 unspecified atom stereocenters. The lowest BCUT2D eigenvalue weighted by atomic mass is 10.1. The molecule has 0 aliphatic heterocycles. The highest BCUT2D eigenvalue weighted by atomic mass is 16.1. The summed E-state index contributed by atoms with van der Waals surface area (Å²) in [5.74, 6) is 0. The third kappa shape index (κ3) is 3.12. The summed E-state index contributed by atoms with van der Waals surface area (Å²) in [7, 11) is 1.82. The molecular formula is C19H24N4O. The molecule has 3 aromatic rings. The molecule has 0 aliphatic rings. The molecule has 3 rings (SSSR count). The van der Waals surface area contributed by atoms with Crippen LogP contribution in [0.3, 0.4) is 0 Å². The maximum atomic E-state index is 12.5. The maximum Gasteiger partial charge on any atom is 0.255 e. The average Bonchev–Trinajstić information content (AvgIpc) is 3.07. The van der Waals surface area contributed by atoms with E-state index in [0.717, 1.165) is 22.0 Å². The van der Waals surface area contributed by atoms with Crippen molar-refractivity contribution in [1.29, 1.82) is 0 Å². The summed E-state index contributed by atoms with van der Waals surface area (Å²) in [5.41, 5.74) is 2.91. The smallest absolute Gasteiger partial charge is 0.255 e. The van der Waals surface area contributed by atoms with Crippen LogP contribution in [0.4, 0.5) is 0 Å². The van der Waals surface area contributed by atoms with Crippen molar-refractivity contribution in [2.45, 2.75) is 39.4 Å². The summed E-state index contributed by atoms with van der Waals surface area (Å²) in [5, 5.41) is 8.89. The number of rotatable bonds is 5. The molecule has 0 saturated carbocycles. The highest BCUT2D eigenvalue weighted by Crippen LogP contribution is 2.16. The van der Waals surface area contributed by atoms with Gasteiger partial charge >= 0.3 is 0 Å². The molecule has 24 heavy (non-hydrogen) atoms. The van der Waals surface area contributed by atoms with E-state index in [1.165, 1.54) is 0 Å². The zero-order chi connectivity index (χ0) is 17.3. The zero-order valence-corrected chi connectivity index (χ0v) is 14.7. The molecule has 2 heterocycles. The molecule has 0 spiro atoms. The predicted octanol–water partition coefficient (Wildman–Crippen LogP) is 3.17. The van der Waals surface area contributed by atoms with Crippen LogP contribution in [0.15, 0.2) is 47.5 Å². The third-order valence-corrected chi connectivity index (χ3v) is 4.46. The van der Waals surface area contributed by atoms with Crippen LogP contribution in [0.1, 0.15) is 44.0 Å². The van der Waals surface area contributed by atoms with Crippen molar-refractivity contribution >= 4 is 10.9 Å². The van der Waals surface area contributed by atoms with Crippen LogP contribution in [0, 0.1) is 0 Å². The van der Waals surface area contributed by atoms with Gasteiger partial charge in [0.25, 0.3) is 5.56 Å². The highest BCUT2D eigenvalue weighted by Gasteiger charge is 2.11. The van der Waals surface area contributed by atoms with Gasteiger partial charge in [-0.15, -0.1) is 0 Å². The van der Waals surface area contributed by atoms with Crippen LogP contribution < -0.4 is 10.9 Å². The van der Waals surface area contributed by atoms with Gasteiger partial charge in [0.15, 0.2) is 0 Å². The first kappa shape index (κ1) is 16.5. The second kappa shape index (κ2) is 6.61. The van der Waals surface area contributed by atoms with Crippen molar-refractivity contribution in [1.82, 2.24) is 19.7 Å². The number of nitrogens with one attached hydrogen (secondary N) is 1. The Bertz CT molecular complexity index is 907. The first-order valence-electron chi connectivity index (χ1n) is 8.32. The predicted molar refractivity (Wildman–Crippen MR) is 97.1 cm³/mol. The van der Waals surface area contributed by atoms with Gasteiger partial charge in [-0.3, -0.25) is 9.48 Å². The number of pyridine rings is 1. The molecule has 5 heteroatoms. The molecule has 2 aromatic heterocycles. The topological polar surface area (TPSA) is 51.9 Å². The van der Waals surface area contributed by atoms with E-state index < -0.39 is 0 Å². The van der Waals surface area contributed by atoms with E-state index in [9.17, 15) is 4.79 Å². The summed E-state index contributed by atoms with van der Waals surface area (Å²) in [6, 6.07) is 10.4. The van der Waals surface area contributed by atoms with Gasteiger partial charge < -0.3 is 9.88 Å². The summed E-state index contributed by atoms with van der Waals surface area (Å²) in [6.45, 7) is 6.83. The molecule has 5 nitrogen and oxygen atoms in total. The Hall–Kier alpha value is -2.40. The summed E-state index contributed by atoms with van der Waals surface area (Å²) in [6.07, 6.45) is 3.94. The molecule has 1 aromatic carbocycles. The number of aryl methyl sites for hydroxylation is 1. The fourth-order valence-corrected chi connectivity index (χ4v) is 2.86. The van der Waals surface area contributed by atoms with Gasteiger partial charge in [-0.1, -0.05) is 18.2 Å². The molecule has 0 radical (unpaired) electrons. The maximum absolute atomic E-state index is 12.5. The van der Waals surface area contributed by atoms with Crippen molar-refractivity contribution in [3.8, 4) is 0 Å². The van der Waals surface area contributed by atoms with Gasteiger partial charge in [0.05, 0.1) is 11.7 Å². The first-order chi connectivity index (χ1) is 11.5. The first-order valence-corrected chi connectivity index (χ1v) is 8.32. The lowest BCUT2D eigenvalue weighted by Crippen LogP contribution is -2.27. The molecule has 0 aliphatic carbocycles. The van der Waals surface area contributed by atoms with Gasteiger partial charge in [-0.2, -0.15) is 5.10 Å². The van der Waals surface area contributed by atoms with E-state index in [0.29, 0.717) is 12.6 Å². The van der Waals surface area contributed by atoms with Gasteiger partial charge in [0.2, 0.25) is 0 Å². The second-order valence-electron chi connectivity index (χ2n) is 6.54. The van der Waals surface area contributed by atoms with Gasteiger partial charge in [0.1, 0.15) is 0 Å². The standard InChI is InChI=1S/C19H24N4O/c1-13(2)23-12-17(11-21-23)14(3)20-10-16-9-15-7-5-6-8-18(15)22(4)19(16)24/h5-9,11-14,20H,10H2,1-4H3. The normalized spacial score (nSPS) is 12.9. The number of nitrogens with zero attached hydrogens (tertiary/aromatic N) is 3. The second-order valence-corrected chi connectivity index (χ2v) is 6.54. The van der Waals surface area contributed by atoms with Crippen LogP contribution in [0.25, 0.3) is 10.9 Å². The summed E-state index contributed by atoms with van der Waals surface area (Å²) < 4.78 is 3.66. The Morgan fingerprint density at radius 2 is 1.96 bits per heavy atom. The molecule has 0 bridgehead atoms. The van der Waals surface area contributed by atoms with E-state index in [1.807, 2.05) is 48.3 Å². The van der Waals surface area contributed by atoms with E-state index >= 15 is 0 Å². The van der Waals surface area contributed by atoms with Gasteiger partial charge in [-0.05, 0) is 38.3 Å². The lowest BCUT2D eigenvalue weighted by Gasteiger charge is -2.14. The molecule has 0 fully saturated rings. The third-order valence-electron chi connectivity index (χ3n) is 4.46. The average molecular weight is 324 g/mol. The number of hydrogen-bond acceptors (Lipinski definition) is 3. The number of aromatic nitrogens is 3. The monoisotopic (exact) mass is 324 g/mol. The minimum Gasteiger partial charge on any atom is -0.311 e. The molecule has 126 valence electrons. The zero-order valence-electron chi connectivity index (χ0n) is 14.7. The number of benzene rings is 1. The minimum absolute atomic E-state index is 0.0475. The Balaban J connectivity index is 1.80. The van der Waals surface area contributed by atoms with E-state index in [-0.39, 0.29) is 11.6 Å². The van der Waals surface area contributed by atoms with Crippen LogP contribution in [-0.4, -0.2) is 14.3 Å². The fourth-order valence-electron chi connectivity index (χ4n) is 2.86. The van der Waals surface area contributed by atoms with Crippen molar-refractivity contribution in [3.05, 3.63) is 64.2 Å². The Kier molecular flexibility index (Phi) is 4.53. The van der Waals surface area contributed by atoms with Gasteiger partial charge in [0, 0.05) is 43.0 Å². The molecule has 1 atom stereocenters. The SMILES string of the molecule is CC(NCc1cc2ccccc2n(C)c1=O)c1cnn(C(C)C)c1. The van der Waals surface area contributed by atoms with Crippen LogP contribution >= 0.6 is 0 Å². The quantitative estimate of drug-likeness (QED) is 0.784. The van der Waals surface area contributed by atoms with E-state index in [2.05, 4.69) is 37.4 Å². The number of fused-ring (bicyclic) bond motifs is 1. The fraction of sp³-hybridized carbons (Fsp3) is 0.368. The minimum atomic E-state index is 0.0475.